The van der Waals surface area contributed by atoms with E-state index in [9.17, 15) is 4.79 Å². The highest BCUT2D eigenvalue weighted by Crippen LogP contribution is 2.29. The molecule has 0 aliphatic heterocycles. The van der Waals surface area contributed by atoms with Crippen molar-refractivity contribution in [1.82, 2.24) is 5.32 Å². The molecule has 0 bridgehead atoms. The number of amides is 1. The Bertz CT molecular complexity index is 974. The molecule has 3 aromatic rings. The molecule has 0 spiro atoms. The van der Waals surface area contributed by atoms with Crippen LogP contribution >= 0.6 is 0 Å². The van der Waals surface area contributed by atoms with Crippen molar-refractivity contribution in [3.05, 3.63) is 58.8 Å². The Labute approximate surface area is 165 Å². The fourth-order valence-electron chi connectivity index (χ4n) is 3.25. The number of carbonyl (C=O) groups is 1. The van der Waals surface area contributed by atoms with Gasteiger partial charge in [-0.2, -0.15) is 0 Å². The van der Waals surface area contributed by atoms with Gasteiger partial charge in [-0.1, -0.05) is 24.3 Å². The summed E-state index contributed by atoms with van der Waals surface area (Å²) in [4.78, 5) is 12.6. The Balaban J connectivity index is 1.66. The number of carbonyl (C=O) groups excluding carboxylic acids is 1. The summed E-state index contributed by atoms with van der Waals surface area (Å²) in [7, 11) is 0. The van der Waals surface area contributed by atoms with Crippen LogP contribution in [0.1, 0.15) is 41.1 Å². The third-order valence-electron chi connectivity index (χ3n) is 4.67. The Morgan fingerprint density at radius 3 is 2.50 bits per heavy atom. The number of rotatable bonds is 8. The van der Waals surface area contributed by atoms with Crippen LogP contribution < -0.4 is 14.8 Å². The number of para-hydroxylation sites is 1. The van der Waals surface area contributed by atoms with Crippen LogP contribution in [0.2, 0.25) is 0 Å². The summed E-state index contributed by atoms with van der Waals surface area (Å²) < 4.78 is 17.1. The molecule has 0 saturated heterocycles. The average molecular weight is 381 g/mol. The molecule has 1 amide bonds. The van der Waals surface area contributed by atoms with Crippen molar-refractivity contribution in [1.29, 1.82) is 0 Å². The summed E-state index contributed by atoms with van der Waals surface area (Å²) in [5, 5.41) is 3.94. The second-order valence-electron chi connectivity index (χ2n) is 6.66. The Morgan fingerprint density at radius 1 is 1.04 bits per heavy atom. The van der Waals surface area contributed by atoms with Gasteiger partial charge in [-0.15, -0.1) is 0 Å². The second kappa shape index (κ2) is 8.83. The predicted octanol–water partition coefficient (Wildman–Crippen LogP) is 4.82. The van der Waals surface area contributed by atoms with Gasteiger partial charge in [-0.3, -0.25) is 4.79 Å². The molecule has 5 heteroatoms. The molecular weight excluding hydrogens is 354 g/mol. The normalized spacial score (nSPS) is 10.9. The lowest BCUT2D eigenvalue weighted by Crippen LogP contribution is -2.25. The number of furan rings is 1. The molecule has 0 radical (unpaired) electrons. The highest BCUT2D eigenvalue weighted by Gasteiger charge is 2.18. The lowest BCUT2D eigenvalue weighted by Gasteiger charge is -2.12. The van der Waals surface area contributed by atoms with E-state index in [0.29, 0.717) is 31.9 Å². The van der Waals surface area contributed by atoms with E-state index in [1.165, 1.54) is 0 Å². The van der Waals surface area contributed by atoms with Crippen molar-refractivity contribution in [2.75, 3.05) is 19.8 Å². The van der Waals surface area contributed by atoms with Gasteiger partial charge in [0.25, 0.3) is 5.91 Å². The zero-order valence-electron chi connectivity index (χ0n) is 16.9. The van der Waals surface area contributed by atoms with Gasteiger partial charge >= 0.3 is 0 Å². The molecule has 3 rings (SSSR count). The molecule has 1 aromatic heterocycles. The first kappa shape index (κ1) is 19.8. The van der Waals surface area contributed by atoms with Gasteiger partial charge in [0.2, 0.25) is 0 Å². The zero-order chi connectivity index (χ0) is 20.1. The van der Waals surface area contributed by atoms with Crippen molar-refractivity contribution in [2.45, 2.75) is 34.1 Å². The van der Waals surface area contributed by atoms with Gasteiger partial charge in [0.05, 0.1) is 13.2 Å². The average Bonchev–Trinajstić information content (AvgIpc) is 3.02. The number of nitrogens with one attached hydrogen (secondary N) is 1. The highest BCUT2D eigenvalue weighted by atomic mass is 16.5. The molecule has 1 heterocycles. The highest BCUT2D eigenvalue weighted by molar-refractivity contribution is 5.99. The maximum absolute atomic E-state index is 12.6. The van der Waals surface area contributed by atoms with Crippen molar-refractivity contribution in [2.24, 2.45) is 0 Å². The number of benzene rings is 2. The third-order valence-corrected chi connectivity index (χ3v) is 4.67. The number of hydrogen-bond donors (Lipinski definition) is 1. The van der Waals surface area contributed by atoms with Crippen molar-refractivity contribution in [3.63, 3.8) is 0 Å². The maximum atomic E-state index is 12.6. The molecule has 148 valence electrons. The Morgan fingerprint density at radius 2 is 1.79 bits per heavy atom. The van der Waals surface area contributed by atoms with E-state index < -0.39 is 0 Å². The number of ether oxygens (including phenoxy) is 2. The minimum absolute atomic E-state index is 0.191. The molecule has 0 aliphatic carbocycles. The molecule has 0 unspecified atom stereocenters. The van der Waals surface area contributed by atoms with Crippen molar-refractivity contribution in [3.8, 4) is 11.5 Å². The van der Waals surface area contributed by atoms with Gasteiger partial charge in [0.15, 0.2) is 17.3 Å². The summed E-state index contributed by atoms with van der Waals surface area (Å²) in [6.45, 7) is 9.46. The first-order valence-corrected chi connectivity index (χ1v) is 9.70. The Hall–Kier alpha value is -2.95. The largest absolute Gasteiger partial charge is 0.490 e. The van der Waals surface area contributed by atoms with E-state index in [0.717, 1.165) is 39.2 Å². The van der Waals surface area contributed by atoms with Gasteiger partial charge in [0.1, 0.15) is 5.58 Å². The second-order valence-corrected chi connectivity index (χ2v) is 6.66. The summed E-state index contributed by atoms with van der Waals surface area (Å²) in [6, 6.07) is 11.8. The predicted molar refractivity (Wildman–Crippen MR) is 111 cm³/mol. The van der Waals surface area contributed by atoms with Crippen LogP contribution in [0.5, 0.6) is 11.5 Å². The minimum atomic E-state index is -0.191. The smallest absolute Gasteiger partial charge is 0.287 e. The van der Waals surface area contributed by atoms with Crippen LogP contribution in [-0.2, 0) is 6.42 Å². The van der Waals surface area contributed by atoms with Gasteiger partial charge in [-0.25, -0.2) is 0 Å². The van der Waals surface area contributed by atoms with E-state index in [1.807, 2.05) is 64.1 Å². The van der Waals surface area contributed by atoms with E-state index >= 15 is 0 Å². The van der Waals surface area contributed by atoms with Crippen LogP contribution in [0, 0.1) is 13.8 Å². The lowest BCUT2D eigenvalue weighted by atomic mass is 10.1. The van der Waals surface area contributed by atoms with Crippen molar-refractivity contribution >= 4 is 16.9 Å². The van der Waals surface area contributed by atoms with Crippen molar-refractivity contribution < 1.29 is 18.7 Å². The molecule has 28 heavy (non-hydrogen) atoms. The fraction of sp³-hybridized carbons (Fsp3) is 0.348. The first-order valence-electron chi connectivity index (χ1n) is 9.70. The van der Waals surface area contributed by atoms with E-state index in [1.54, 1.807) is 0 Å². The molecule has 5 nitrogen and oxygen atoms in total. The maximum Gasteiger partial charge on any atom is 0.287 e. The monoisotopic (exact) mass is 381 g/mol. The fourth-order valence-corrected chi connectivity index (χ4v) is 3.25. The van der Waals surface area contributed by atoms with E-state index in [4.69, 9.17) is 13.9 Å². The number of hydrogen-bond acceptors (Lipinski definition) is 4. The number of aryl methyl sites for hydroxylation is 2. The zero-order valence-corrected chi connectivity index (χ0v) is 16.9. The minimum Gasteiger partial charge on any atom is -0.490 e. The molecule has 0 aliphatic rings. The quantitative estimate of drug-likeness (QED) is 0.608. The molecule has 1 N–H and O–H groups in total. The van der Waals surface area contributed by atoms with Crippen LogP contribution in [0.25, 0.3) is 11.0 Å². The summed E-state index contributed by atoms with van der Waals surface area (Å²) in [5.74, 6) is 1.66. The van der Waals surface area contributed by atoms with Crippen LogP contribution in [0.15, 0.2) is 40.8 Å². The topological polar surface area (TPSA) is 60.7 Å². The summed E-state index contributed by atoms with van der Waals surface area (Å²) in [6.07, 6.45) is 0.691. The Kier molecular flexibility index (Phi) is 6.24. The van der Waals surface area contributed by atoms with Crippen LogP contribution in [-0.4, -0.2) is 25.7 Å². The summed E-state index contributed by atoms with van der Waals surface area (Å²) >= 11 is 0. The standard InChI is InChI=1S/C23H27NO4/c1-5-26-19-11-10-17(14-20(19)27-6-2)12-13-24-23(25)22-16(4)18-9-7-8-15(3)21(18)28-22/h7-11,14H,5-6,12-13H2,1-4H3,(H,24,25). The van der Waals surface area contributed by atoms with Gasteiger partial charge in [-0.05, 0) is 57.4 Å². The van der Waals surface area contributed by atoms with Gasteiger partial charge in [0, 0.05) is 17.5 Å². The molecule has 2 aromatic carbocycles. The van der Waals surface area contributed by atoms with E-state index in [2.05, 4.69) is 5.32 Å². The number of fused-ring (bicyclic) bond motifs is 1. The molecule has 0 fully saturated rings. The molecular formula is C23H27NO4. The van der Waals surface area contributed by atoms with E-state index in [-0.39, 0.29) is 5.91 Å². The van der Waals surface area contributed by atoms with Crippen LogP contribution in [0.3, 0.4) is 0 Å². The van der Waals surface area contributed by atoms with Crippen LogP contribution in [0.4, 0.5) is 0 Å². The summed E-state index contributed by atoms with van der Waals surface area (Å²) in [5.41, 5.74) is 3.75. The van der Waals surface area contributed by atoms with Gasteiger partial charge < -0.3 is 19.2 Å². The SMILES string of the molecule is CCOc1ccc(CCNC(=O)c2oc3c(C)cccc3c2C)cc1OCC. The lowest BCUT2D eigenvalue weighted by molar-refractivity contribution is 0.0927. The first-order chi connectivity index (χ1) is 13.5. The molecule has 0 atom stereocenters. The third kappa shape index (κ3) is 4.14. The molecule has 0 saturated carbocycles.